The third kappa shape index (κ3) is 3.07. The predicted molar refractivity (Wildman–Crippen MR) is 67.5 cm³/mol. The Morgan fingerprint density at radius 3 is 3.11 bits per heavy atom. The molecule has 2 heterocycles. The molecule has 0 aliphatic rings. The average molecular weight is 246 g/mol. The maximum atomic E-state index is 11.9. The zero-order chi connectivity index (χ0) is 12.8. The van der Waals surface area contributed by atoms with E-state index in [0.717, 1.165) is 13.0 Å². The van der Waals surface area contributed by atoms with Gasteiger partial charge in [-0.3, -0.25) is 4.79 Å². The van der Waals surface area contributed by atoms with Crippen LogP contribution in [-0.2, 0) is 0 Å². The Hall–Kier alpha value is -2.37. The second-order valence-corrected chi connectivity index (χ2v) is 3.72. The van der Waals surface area contributed by atoms with Gasteiger partial charge in [0, 0.05) is 18.3 Å². The van der Waals surface area contributed by atoms with E-state index in [9.17, 15) is 4.79 Å². The number of amides is 1. The van der Waals surface area contributed by atoms with Crippen LogP contribution in [-0.4, -0.2) is 22.6 Å². The molecule has 0 fully saturated rings. The fourth-order valence-corrected chi connectivity index (χ4v) is 1.39. The molecule has 1 amide bonds. The number of carbonyl (C=O) groups excluding carboxylic acids is 1. The van der Waals surface area contributed by atoms with E-state index in [1.165, 1.54) is 12.5 Å². The summed E-state index contributed by atoms with van der Waals surface area (Å²) in [5.74, 6) is 0.468. The number of hydrogen-bond donors (Lipinski definition) is 2. The molecule has 0 unspecified atom stereocenters. The second-order valence-electron chi connectivity index (χ2n) is 3.72. The Morgan fingerprint density at radius 1 is 1.50 bits per heavy atom. The van der Waals surface area contributed by atoms with E-state index < -0.39 is 0 Å². The molecular weight excluding hydrogens is 232 g/mol. The summed E-state index contributed by atoms with van der Waals surface area (Å²) in [6, 6.07) is 3.36. The Kier molecular flexibility index (Phi) is 3.90. The van der Waals surface area contributed by atoms with Crippen LogP contribution < -0.4 is 10.6 Å². The summed E-state index contributed by atoms with van der Waals surface area (Å²) in [6.45, 7) is 2.89. The minimum Gasteiger partial charge on any atom is -0.370 e. The number of hydrogen-bond acceptors (Lipinski definition) is 5. The van der Waals surface area contributed by atoms with Gasteiger partial charge in [-0.2, -0.15) is 0 Å². The van der Waals surface area contributed by atoms with Gasteiger partial charge in [0.05, 0.1) is 6.20 Å². The molecule has 0 atom stereocenters. The smallest absolute Gasteiger partial charge is 0.255 e. The van der Waals surface area contributed by atoms with Crippen LogP contribution in [0.2, 0.25) is 0 Å². The number of rotatable bonds is 5. The summed E-state index contributed by atoms with van der Waals surface area (Å²) in [5, 5.41) is 9.31. The number of nitrogens with one attached hydrogen (secondary N) is 2. The van der Waals surface area contributed by atoms with Gasteiger partial charge in [0.15, 0.2) is 0 Å². The molecule has 0 saturated heterocycles. The summed E-state index contributed by atoms with van der Waals surface area (Å²) in [7, 11) is 0. The standard InChI is InChI=1S/C12H14N4O2/c1-2-4-13-11-6-9(3-5-14-11)12(17)16-10-7-15-18-8-10/h3,5-8H,2,4H2,1H3,(H,13,14)(H,16,17). The maximum absolute atomic E-state index is 11.9. The number of aromatic nitrogens is 2. The van der Waals surface area contributed by atoms with Crippen molar-refractivity contribution in [2.45, 2.75) is 13.3 Å². The number of nitrogens with zero attached hydrogens (tertiary/aromatic N) is 2. The molecular formula is C12H14N4O2. The van der Waals surface area contributed by atoms with Crippen molar-refractivity contribution in [3.63, 3.8) is 0 Å². The van der Waals surface area contributed by atoms with Gasteiger partial charge < -0.3 is 15.2 Å². The van der Waals surface area contributed by atoms with Crippen molar-refractivity contribution >= 4 is 17.4 Å². The molecule has 0 bridgehead atoms. The Labute approximate surface area is 104 Å². The monoisotopic (exact) mass is 246 g/mol. The predicted octanol–water partition coefficient (Wildman–Crippen LogP) is 2.14. The van der Waals surface area contributed by atoms with Gasteiger partial charge in [0.2, 0.25) is 0 Å². The molecule has 0 aliphatic heterocycles. The molecule has 0 aromatic carbocycles. The van der Waals surface area contributed by atoms with Gasteiger partial charge in [0.25, 0.3) is 5.91 Å². The lowest BCUT2D eigenvalue weighted by molar-refractivity contribution is 0.102. The molecule has 0 aliphatic carbocycles. The lowest BCUT2D eigenvalue weighted by Crippen LogP contribution is -2.12. The first kappa shape index (κ1) is 12.1. The lowest BCUT2D eigenvalue weighted by atomic mass is 10.2. The van der Waals surface area contributed by atoms with Crippen LogP contribution in [0.5, 0.6) is 0 Å². The summed E-state index contributed by atoms with van der Waals surface area (Å²) in [6.07, 6.45) is 5.41. The summed E-state index contributed by atoms with van der Waals surface area (Å²) >= 11 is 0. The zero-order valence-electron chi connectivity index (χ0n) is 10.0. The minimum absolute atomic E-state index is 0.222. The minimum atomic E-state index is -0.222. The number of anilines is 2. The fourth-order valence-electron chi connectivity index (χ4n) is 1.39. The molecule has 18 heavy (non-hydrogen) atoms. The van der Waals surface area contributed by atoms with Crippen molar-refractivity contribution in [3.8, 4) is 0 Å². The van der Waals surface area contributed by atoms with E-state index >= 15 is 0 Å². The molecule has 6 nitrogen and oxygen atoms in total. The quantitative estimate of drug-likeness (QED) is 0.844. The van der Waals surface area contributed by atoms with Crippen LogP contribution in [0.1, 0.15) is 23.7 Å². The number of carbonyl (C=O) groups is 1. The molecule has 6 heteroatoms. The summed E-state index contributed by atoms with van der Waals surface area (Å²) < 4.78 is 4.64. The van der Waals surface area contributed by atoms with Gasteiger partial charge >= 0.3 is 0 Å². The van der Waals surface area contributed by atoms with Crippen molar-refractivity contribution in [2.24, 2.45) is 0 Å². The van der Waals surface area contributed by atoms with Gasteiger partial charge in [0.1, 0.15) is 17.8 Å². The maximum Gasteiger partial charge on any atom is 0.255 e. The highest BCUT2D eigenvalue weighted by atomic mass is 16.5. The van der Waals surface area contributed by atoms with Crippen LogP contribution in [0.4, 0.5) is 11.5 Å². The Morgan fingerprint density at radius 2 is 2.39 bits per heavy atom. The molecule has 2 aromatic rings. The van der Waals surface area contributed by atoms with E-state index in [1.807, 2.05) is 0 Å². The Bertz CT molecular complexity index is 511. The zero-order valence-corrected chi connectivity index (χ0v) is 10.0. The van der Waals surface area contributed by atoms with Crippen LogP contribution in [0, 0.1) is 0 Å². The SMILES string of the molecule is CCCNc1cc(C(=O)Nc2cnoc2)ccn1. The summed E-state index contributed by atoms with van der Waals surface area (Å²) in [4.78, 5) is 16.0. The fraction of sp³-hybridized carbons (Fsp3) is 0.250. The normalized spacial score (nSPS) is 10.1. The topological polar surface area (TPSA) is 80.0 Å². The van der Waals surface area contributed by atoms with Gasteiger partial charge in [-0.1, -0.05) is 12.1 Å². The van der Waals surface area contributed by atoms with Crippen LogP contribution in [0.3, 0.4) is 0 Å². The van der Waals surface area contributed by atoms with E-state index in [4.69, 9.17) is 0 Å². The van der Waals surface area contributed by atoms with Crippen molar-refractivity contribution in [1.29, 1.82) is 0 Å². The van der Waals surface area contributed by atoms with Crippen LogP contribution >= 0.6 is 0 Å². The van der Waals surface area contributed by atoms with Gasteiger partial charge in [-0.05, 0) is 18.6 Å². The van der Waals surface area contributed by atoms with Gasteiger partial charge in [-0.25, -0.2) is 4.98 Å². The van der Waals surface area contributed by atoms with E-state index in [0.29, 0.717) is 17.1 Å². The second kappa shape index (κ2) is 5.81. The lowest BCUT2D eigenvalue weighted by Gasteiger charge is -2.06. The Balaban J connectivity index is 2.05. The third-order valence-electron chi connectivity index (χ3n) is 2.27. The van der Waals surface area contributed by atoms with Crippen LogP contribution in [0.15, 0.2) is 35.3 Å². The first-order chi connectivity index (χ1) is 8.79. The largest absolute Gasteiger partial charge is 0.370 e. The average Bonchev–Trinajstić information content (AvgIpc) is 2.89. The molecule has 2 N–H and O–H groups in total. The molecule has 0 radical (unpaired) electrons. The molecule has 0 spiro atoms. The van der Waals surface area contributed by atoms with E-state index in [2.05, 4.69) is 32.2 Å². The van der Waals surface area contributed by atoms with Crippen molar-refractivity contribution in [1.82, 2.24) is 10.1 Å². The summed E-state index contributed by atoms with van der Waals surface area (Å²) in [5.41, 5.74) is 1.06. The molecule has 2 aromatic heterocycles. The highest BCUT2D eigenvalue weighted by Crippen LogP contribution is 2.10. The van der Waals surface area contributed by atoms with Crippen molar-refractivity contribution in [2.75, 3.05) is 17.2 Å². The first-order valence-electron chi connectivity index (χ1n) is 5.70. The highest BCUT2D eigenvalue weighted by molar-refractivity contribution is 6.04. The van der Waals surface area contributed by atoms with Crippen molar-refractivity contribution in [3.05, 3.63) is 36.4 Å². The highest BCUT2D eigenvalue weighted by Gasteiger charge is 2.08. The van der Waals surface area contributed by atoms with E-state index in [1.54, 1.807) is 18.3 Å². The number of pyridine rings is 1. The van der Waals surface area contributed by atoms with Gasteiger partial charge in [-0.15, -0.1) is 0 Å². The molecule has 0 saturated carbocycles. The molecule has 94 valence electrons. The van der Waals surface area contributed by atoms with Crippen molar-refractivity contribution < 1.29 is 9.32 Å². The first-order valence-corrected chi connectivity index (χ1v) is 5.70. The third-order valence-corrected chi connectivity index (χ3v) is 2.27. The van der Waals surface area contributed by atoms with Crippen LogP contribution in [0.25, 0.3) is 0 Å². The van der Waals surface area contributed by atoms with E-state index in [-0.39, 0.29) is 5.91 Å². The molecule has 2 rings (SSSR count).